The van der Waals surface area contributed by atoms with Gasteiger partial charge in [-0.2, -0.15) is 0 Å². The quantitative estimate of drug-likeness (QED) is 0.792. The Morgan fingerprint density at radius 1 is 1.16 bits per heavy atom. The lowest BCUT2D eigenvalue weighted by atomic mass is 9.94. The van der Waals surface area contributed by atoms with Gasteiger partial charge in [0.2, 0.25) is 0 Å². The van der Waals surface area contributed by atoms with Crippen molar-refractivity contribution >= 4 is 17.2 Å². The van der Waals surface area contributed by atoms with Gasteiger partial charge in [0.05, 0.1) is 11.4 Å². The van der Waals surface area contributed by atoms with E-state index in [0.29, 0.717) is 23.4 Å². The molecular weight excluding hydrogens is 238 g/mol. The molecule has 3 nitrogen and oxygen atoms in total. The fourth-order valence-corrected chi connectivity index (χ4v) is 2.40. The first kappa shape index (κ1) is 13.9. The minimum absolute atomic E-state index is 0.214. The largest absolute Gasteiger partial charge is 0.379 e. The third kappa shape index (κ3) is 3.29. The lowest BCUT2D eigenvalue weighted by Crippen LogP contribution is -2.32. The van der Waals surface area contributed by atoms with Crippen LogP contribution >= 0.6 is 0 Å². The summed E-state index contributed by atoms with van der Waals surface area (Å²) in [6, 6.07) is 7.22. The molecule has 19 heavy (non-hydrogen) atoms. The molecule has 0 aliphatic carbocycles. The highest BCUT2D eigenvalue weighted by molar-refractivity contribution is 6.20. The first-order chi connectivity index (χ1) is 9.24. The third-order valence-corrected chi connectivity index (χ3v) is 3.53. The summed E-state index contributed by atoms with van der Waals surface area (Å²) in [6.07, 6.45) is 5.48. The second-order valence-electron chi connectivity index (χ2n) is 5.05. The number of carbonyl (C=O) groups excluding carboxylic acids is 1. The maximum atomic E-state index is 12.0. The molecule has 1 N–H and O–H groups in total. The topological polar surface area (TPSA) is 49.7 Å². The molecule has 0 radical (unpaired) electrons. The number of para-hydroxylation sites is 1. The van der Waals surface area contributed by atoms with Gasteiger partial charge in [-0.15, -0.1) is 0 Å². The Balaban J connectivity index is 2.01. The minimum atomic E-state index is -1.04. The first-order valence-electron chi connectivity index (χ1n) is 7.12. The molecule has 3 heteroatoms. The van der Waals surface area contributed by atoms with Gasteiger partial charge < -0.3 is 5.11 Å². The maximum Gasteiger partial charge on any atom is 0.199 e. The molecule has 1 aliphatic rings. The van der Waals surface area contributed by atoms with Crippen molar-refractivity contribution in [3.05, 3.63) is 29.8 Å². The number of aliphatic hydroxyl groups is 1. The Bertz CT molecular complexity index is 479. The van der Waals surface area contributed by atoms with Gasteiger partial charge in [-0.05, 0) is 25.0 Å². The summed E-state index contributed by atoms with van der Waals surface area (Å²) < 4.78 is 0. The Kier molecular flexibility index (Phi) is 4.86. The number of aliphatic hydroxyl groups excluding tert-OH is 1. The summed E-state index contributed by atoms with van der Waals surface area (Å²) >= 11 is 0. The van der Waals surface area contributed by atoms with E-state index in [1.54, 1.807) is 12.1 Å². The molecule has 0 bridgehead atoms. The smallest absolute Gasteiger partial charge is 0.199 e. The van der Waals surface area contributed by atoms with Gasteiger partial charge >= 0.3 is 0 Å². The molecule has 1 aromatic carbocycles. The van der Waals surface area contributed by atoms with Gasteiger partial charge in [-0.1, -0.05) is 44.7 Å². The lowest BCUT2D eigenvalue weighted by Gasteiger charge is -2.19. The van der Waals surface area contributed by atoms with Crippen LogP contribution in [0.15, 0.2) is 29.3 Å². The second kappa shape index (κ2) is 6.62. The van der Waals surface area contributed by atoms with Gasteiger partial charge in [-0.3, -0.25) is 9.79 Å². The van der Waals surface area contributed by atoms with E-state index >= 15 is 0 Å². The molecule has 102 valence electrons. The van der Waals surface area contributed by atoms with Crippen molar-refractivity contribution in [1.82, 2.24) is 0 Å². The van der Waals surface area contributed by atoms with Gasteiger partial charge in [0, 0.05) is 5.56 Å². The normalized spacial score (nSPS) is 18.1. The molecule has 2 rings (SSSR count). The van der Waals surface area contributed by atoms with E-state index in [0.717, 1.165) is 12.8 Å². The summed E-state index contributed by atoms with van der Waals surface area (Å²) in [7, 11) is 0. The molecule has 0 saturated heterocycles. The third-order valence-electron chi connectivity index (χ3n) is 3.53. The zero-order valence-electron chi connectivity index (χ0n) is 11.4. The van der Waals surface area contributed by atoms with Crippen molar-refractivity contribution in [2.24, 2.45) is 4.99 Å². The Morgan fingerprint density at radius 3 is 2.68 bits per heavy atom. The number of rotatable bonds is 6. The molecule has 0 saturated carbocycles. The monoisotopic (exact) mass is 259 g/mol. The number of fused-ring (bicyclic) bond motifs is 1. The van der Waals surface area contributed by atoms with Crippen LogP contribution in [0.2, 0.25) is 0 Å². The van der Waals surface area contributed by atoms with E-state index < -0.39 is 6.10 Å². The van der Waals surface area contributed by atoms with Gasteiger partial charge in [0.25, 0.3) is 0 Å². The van der Waals surface area contributed by atoms with Crippen molar-refractivity contribution in [3.63, 3.8) is 0 Å². The number of unbranched alkanes of at least 4 members (excludes halogenated alkanes) is 4. The van der Waals surface area contributed by atoms with Crippen LogP contribution in [-0.2, 0) is 0 Å². The van der Waals surface area contributed by atoms with Crippen molar-refractivity contribution in [2.45, 2.75) is 51.6 Å². The average Bonchev–Trinajstić information content (AvgIpc) is 2.44. The average molecular weight is 259 g/mol. The van der Waals surface area contributed by atoms with Crippen LogP contribution in [0.5, 0.6) is 0 Å². The minimum Gasteiger partial charge on any atom is -0.379 e. The van der Waals surface area contributed by atoms with Crippen molar-refractivity contribution in [3.8, 4) is 0 Å². The van der Waals surface area contributed by atoms with Crippen LogP contribution in [0.4, 0.5) is 5.69 Å². The fraction of sp³-hybridized carbons (Fsp3) is 0.500. The molecule has 1 atom stereocenters. The van der Waals surface area contributed by atoms with E-state index in [4.69, 9.17) is 0 Å². The van der Waals surface area contributed by atoms with Gasteiger partial charge in [-0.25, -0.2) is 0 Å². The summed E-state index contributed by atoms with van der Waals surface area (Å²) in [5, 5.41) is 10.0. The predicted molar refractivity (Wildman–Crippen MR) is 77.3 cm³/mol. The van der Waals surface area contributed by atoms with Crippen molar-refractivity contribution < 1.29 is 9.90 Å². The number of hydrogen-bond acceptors (Lipinski definition) is 3. The molecule has 0 unspecified atom stereocenters. The van der Waals surface area contributed by atoms with E-state index in [9.17, 15) is 9.90 Å². The standard InChI is InChI=1S/C16H21NO2/c1-2-3-4-5-6-11-14-16(19)15(18)12-9-7-8-10-13(12)17-14/h7-10,16,19H,2-6,11H2,1H3/t16-/m0/s1. The fourth-order valence-electron chi connectivity index (χ4n) is 2.40. The molecule has 0 spiro atoms. The summed E-state index contributed by atoms with van der Waals surface area (Å²) in [5.74, 6) is -0.214. The number of aliphatic imine (C=N–C) groups is 1. The predicted octanol–water partition coefficient (Wildman–Crippen LogP) is 3.68. The van der Waals surface area contributed by atoms with E-state index in [1.807, 2.05) is 12.1 Å². The molecule has 0 aromatic heterocycles. The maximum absolute atomic E-state index is 12.0. The van der Waals surface area contributed by atoms with Gasteiger partial charge in [0.15, 0.2) is 11.9 Å². The molecule has 1 aromatic rings. The van der Waals surface area contributed by atoms with Crippen LogP contribution in [-0.4, -0.2) is 22.7 Å². The molecule has 1 heterocycles. The number of hydrogen-bond donors (Lipinski definition) is 1. The second-order valence-corrected chi connectivity index (χ2v) is 5.05. The van der Waals surface area contributed by atoms with Crippen LogP contribution in [0.25, 0.3) is 0 Å². The zero-order chi connectivity index (χ0) is 13.7. The Labute approximate surface area is 114 Å². The molecule has 0 amide bonds. The highest BCUT2D eigenvalue weighted by Crippen LogP contribution is 2.27. The number of Topliss-reactive ketones (excluding diaryl/α,β-unsaturated/α-hetero) is 1. The number of benzene rings is 1. The van der Waals surface area contributed by atoms with Crippen molar-refractivity contribution in [2.75, 3.05) is 0 Å². The van der Waals surface area contributed by atoms with Crippen molar-refractivity contribution in [1.29, 1.82) is 0 Å². The van der Waals surface area contributed by atoms with Crippen LogP contribution in [0.3, 0.4) is 0 Å². The number of ketones is 1. The zero-order valence-corrected chi connectivity index (χ0v) is 11.4. The molecular formula is C16H21NO2. The van der Waals surface area contributed by atoms with Crippen LogP contribution < -0.4 is 0 Å². The summed E-state index contributed by atoms with van der Waals surface area (Å²) in [5.41, 5.74) is 1.85. The van der Waals surface area contributed by atoms with Crippen LogP contribution in [0.1, 0.15) is 55.8 Å². The lowest BCUT2D eigenvalue weighted by molar-refractivity contribution is 0.0838. The van der Waals surface area contributed by atoms with Crippen LogP contribution in [0, 0.1) is 0 Å². The Hall–Kier alpha value is -1.48. The Morgan fingerprint density at radius 2 is 1.89 bits per heavy atom. The summed E-state index contributed by atoms with van der Waals surface area (Å²) in [6.45, 7) is 2.19. The SMILES string of the molecule is CCCCCCCC1=Nc2ccccc2C(=O)[C@H]1O. The first-order valence-corrected chi connectivity index (χ1v) is 7.12. The molecule has 1 aliphatic heterocycles. The molecule has 0 fully saturated rings. The van der Waals surface area contributed by atoms with E-state index in [1.165, 1.54) is 19.3 Å². The highest BCUT2D eigenvalue weighted by Gasteiger charge is 2.28. The van der Waals surface area contributed by atoms with E-state index in [-0.39, 0.29) is 5.78 Å². The number of nitrogens with zero attached hydrogens (tertiary/aromatic N) is 1. The number of carbonyl (C=O) groups is 1. The van der Waals surface area contributed by atoms with E-state index in [2.05, 4.69) is 11.9 Å². The summed E-state index contributed by atoms with van der Waals surface area (Å²) in [4.78, 5) is 16.5. The van der Waals surface area contributed by atoms with Gasteiger partial charge in [0.1, 0.15) is 0 Å². The highest BCUT2D eigenvalue weighted by atomic mass is 16.3.